The predicted octanol–water partition coefficient (Wildman–Crippen LogP) is 8.86. The summed E-state index contributed by atoms with van der Waals surface area (Å²) in [4.78, 5) is 28.8. The molecule has 5 atom stereocenters. The molecule has 0 saturated heterocycles. The van der Waals surface area contributed by atoms with Crippen LogP contribution in [0, 0.1) is 22.7 Å². The highest BCUT2D eigenvalue weighted by atomic mass is 79.9. The number of hydrogen-bond donors (Lipinski definition) is 1. The van der Waals surface area contributed by atoms with Gasteiger partial charge in [0.15, 0.2) is 11.2 Å². The van der Waals surface area contributed by atoms with Gasteiger partial charge in [0.1, 0.15) is 5.60 Å². The van der Waals surface area contributed by atoms with E-state index in [0.29, 0.717) is 31.2 Å². The summed E-state index contributed by atoms with van der Waals surface area (Å²) in [6.45, 7) is 0. The van der Waals surface area contributed by atoms with Crippen molar-refractivity contribution < 1.29 is 19.4 Å². The molecule has 1 saturated carbocycles. The fourth-order valence-electron chi connectivity index (χ4n) is 6.44. The minimum Gasteiger partial charge on any atom is -0.468 e. The maximum atomic E-state index is 14.7. The van der Waals surface area contributed by atoms with E-state index in [1.165, 1.54) is 7.11 Å². The quantitative estimate of drug-likeness (QED) is 0.158. The van der Waals surface area contributed by atoms with E-state index in [0.717, 1.165) is 4.47 Å². The van der Waals surface area contributed by atoms with Crippen molar-refractivity contribution in [2.45, 2.75) is 23.9 Å². The topological polar surface area (TPSA) is 87.4 Å². The molecule has 9 heteroatoms. The minimum atomic E-state index is -1.91. The molecule has 0 aliphatic heterocycles. The van der Waals surface area contributed by atoms with Crippen molar-refractivity contribution in [2.75, 3.05) is 7.11 Å². The maximum absolute atomic E-state index is 14.7. The molecule has 0 amide bonds. The molecule has 0 unspecified atom stereocenters. The average molecular weight is 742 g/mol. The zero-order valence-corrected chi connectivity index (χ0v) is 27.5. The zero-order chi connectivity index (χ0) is 30.9. The summed E-state index contributed by atoms with van der Waals surface area (Å²) in [6.07, 6.45) is -0.137. The van der Waals surface area contributed by atoms with Gasteiger partial charge in [-0.3, -0.25) is 9.59 Å². The lowest BCUT2D eigenvalue weighted by molar-refractivity contribution is -0.162. The van der Waals surface area contributed by atoms with Crippen LogP contribution in [0.1, 0.15) is 45.3 Å². The first-order chi connectivity index (χ1) is 20.5. The fraction of sp³-hybridized carbons (Fsp3) is 0.206. The summed E-state index contributed by atoms with van der Waals surface area (Å²) >= 11 is 19.4. The van der Waals surface area contributed by atoms with Crippen LogP contribution < -0.4 is 0 Å². The second-order valence-electron chi connectivity index (χ2n) is 10.6. The largest absolute Gasteiger partial charge is 0.468 e. The van der Waals surface area contributed by atoms with E-state index in [2.05, 4.69) is 37.9 Å². The van der Waals surface area contributed by atoms with Gasteiger partial charge >= 0.3 is 5.97 Å². The van der Waals surface area contributed by atoms with Crippen molar-refractivity contribution in [3.63, 3.8) is 0 Å². The van der Waals surface area contributed by atoms with E-state index < -0.39 is 40.5 Å². The third-order valence-corrected chi connectivity index (χ3v) is 9.82. The molecule has 1 N–H and O–H groups in total. The Morgan fingerprint density at radius 3 is 1.95 bits per heavy atom. The molecular weight excluding hydrogens is 717 g/mol. The Hall–Kier alpha value is -2.99. The lowest BCUT2D eigenvalue weighted by atomic mass is 9.47. The average Bonchev–Trinajstić information content (AvgIpc) is 3.00. The number of ketones is 1. The maximum Gasteiger partial charge on any atom is 0.327 e. The van der Waals surface area contributed by atoms with Gasteiger partial charge in [-0.15, -0.1) is 0 Å². The second-order valence-corrected chi connectivity index (χ2v) is 13.3. The Morgan fingerprint density at radius 1 is 0.884 bits per heavy atom. The van der Waals surface area contributed by atoms with Crippen molar-refractivity contribution in [3.8, 4) is 6.07 Å². The van der Waals surface area contributed by atoms with E-state index >= 15 is 0 Å². The Balaban J connectivity index is 1.91. The molecule has 218 valence electrons. The number of hydrogen-bond acceptors (Lipinski definition) is 5. The van der Waals surface area contributed by atoms with Gasteiger partial charge in [0.25, 0.3) is 0 Å². The molecule has 5 nitrogen and oxygen atoms in total. The molecule has 1 fully saturated rings. The normalized spacial score (nSPS) is 25.0. The van der Waals surface area contributed by atoms with Gasteiger partial charge in [-0.2, -0.15) is 5.26 Å². The monoisotopic (exact) mass is 739 g/mol. The number of carbonyl (C=O) groups excluding carboxylic acids is 2. The molecule has 5 rings (SSSR count). The van der Waals surface area contributed by atoms with Crippen LogP contribution in [-0.2, 0) is 15.1 Å². The standard InChI is InChI=1S/C34H25Br2Cl2NO4/c1-43-32(41)33(19-39)28(21-4-2-6-24(35)16-21)18-34(42,23-10-14-27(38)15-11-23)30(29(33)22-5-3-7-25(36)17-22)31(40)20-8-12-26(37)13-9-20/h2-17,28-30,42H,18H2,1H3/t28-,29+,30+,33+,34+/m1/s1. The number of esters is 1. The van der Waals surface area contributed by atoms with Crippen LogP contribution in [0.3, 0.4) is 0 Å². The molecular formula is C34H25Br2Cl2NO4. The van der Waals surface area contributed by atoms with Crippen LogP contribution in [-0.4, -0.2) is 24.0 Å². The van der Waals surface area contributed by atoms with Gasteiger partial charge in [0, 0.05) is 36.4 Å². The molecule has 1 aliphatic carbocycles. The van der Waals surface area contributed by atoms with Crippen LogP contribution >= 0.6 is 55.1 Å². The summed E-state index contributed by atoms with van der Waals surface area (Å²) < 4.78 is 6.79. The number of halogens is 4. The predicted molar refractivity (Wildman–Crippen MR) is 173 cm³/mol. The van der Waals surface area contributed by atoms with Gasteiger partial charge in [-0.1, -0.05) is 91.5 Å². The van der Waals surface area contributed by atoms with E-state index in [-0.39, 0.29) is 12.0 Å². The highest BCUT2D eigenvalue weighted by molar-refractivity contribution is 9.10. The van der Waals surface area contributed by atoms with E-state index in [4.69, 9.17) is 27.9 Å². The minimum absolute atomic E-state index is 0.137. The highest BCUT2D eigenvalue weighted by Gasteiger charge is 2.67. The number of ether oxygens (including phenoxy) is 1. The lowest BCUT2D eigenvalue weighted by Crippen LogP contribution is -2.59. The number of aliphatic hydroxyl groups is 1. The smallest absolute Gasteiger partial charge is 0.327 e. The molecule has 1 aliphatic rings. The van der Waals surface area contributed by atoms with Crippen LogP contribution in [0.5, 0.6) is 0 Å². The van der Waals surface area contributed by atoms with E-state index in [1.54, 1.807) is 72.8 Å². The Morgan fingerprint density at radius 2 is 1.42 bits per heavy atom. The number of Topliss-reactive ketones (excluding diaryl/α,β-unsaturated/α-hetero) is 1. The van der Waals surface area contributed by atoms with Crippen LogP contribution in [0.2, 0.25) is 10.0 Å². The number of methoxy groups -OCH3 is 1. The number of benzene rings is 4. The van der Waals surface area contributed by atoms with Crippen LogP contribution in [0.25, 0.3) is 0 Å². The van der Waals surface area contributed by atoms with Crippen molar-refractivity contribution in [1.82, 2.24) is 0 Å². The van der Waals surface area contributed by atoms with Gasteiger partial charge in [0.2, 0.25) is 0 Å². The third-order valence-electron chi connectivity index (χ3n) is 8.33. The van der Waals surface area contributed by atoms with Crippen LogP contribution in [0.15, 0.2) is 106 Å². The number of carbonyl (C=O) groups is 2. The molecule has 0 aromatic heterocycles. The van der Waals surface area contributed by atoms with Crippen molar-refractivity contribution in [3.05, 3.63) is 138 Å². The third kappa shape index (κ3) is 5.68. The fourth-order valence-corrected chi connectivity index (χ4v) is 7.53. The summed E-state index contributed by atoms with van der Waals surface area (Å²) in [7, 11) is 1.23. The Labute approximate surface area is 276 Å². The molecule has 0 radical (unpaired) electrons. The zero-order valence-electron chi connectivity index (χ0n) is 22.8. The van der Waals surface area contributed by atoms with Gasteiger partial charge < -0.3 is 9.84 Å². The summed E-state index contributed by atoms with van der Waals surface area (Å²) in [5, 5.41) is 25.0. The molecule has 0 bridgehead atoms. The molecule has 4 aromatic rings. The second kappa shape index (κ2) is 12.6. The SMILES string of the molecule is COC(=O)[C@@]1(C#N)[C@@H](c2cccc(Br)c2)C[C@](O)(c2ccc(Cl)cc2)[C@H](C(=O)c2ccc(Cl)cc2)[C@@H]1c1cccc(Br)c1. The van der Waals surface area contributed by atoms with E-state index in [9.17, 15) is 20.0 Å². The number of rotatable bonds is 6. The summed E-state index contributed by atoms with van der Waals surface area (Å²) in [6, 6.07) is 29.7. The first-order valence-electron chi connectivity index (χ1n) is 13.3. The number of nitriles is 1. The first-order valence-corrected chi connectivity index (χ1v) is 15.7. The molecule has 0 heterocycles. The lowest BCUT2D eigenvalue weighted by Gasteiger charge is -2.54. The Bertz CT molecular complexity index is 1720. The molecule has 43 heavy (non-hydrogen) atoms. The van der Waals surface area contributed by atoms with Crippen LogP contribution in [0.4, 0.5) is 0 Å². The van der Waals surface area contributed by atoms with Crippen molar-refractivity contribution in [1.29, 1.82) is 5.26 Å². The highest BCUT2D eigenvalue weighted by Crippen LogP contribution is 2.64. The van der Waals surface area contributed by atoms with E-state index in [1.807, 2.05) is 24.3 Å². The Kier molecular flexibility index (Phi) is 9.18. The molecule has 0 spiro atoms. The first kappa shape index (κ1) is 31.4. The van der Waals surface area contributed by atoms with Crippen molar-refractivity contribution >= 4 is 66.8 Å². The van der Waals surface area contributed by atoms with Gasteiger partial charge in [0.05, 0.1) is 19.1 Å². The summed E-state index contributed by atoms with van der Waals surface area (Å²) in [5.74, 6) is -4.58. The van der Waals surface area contributed by atoms with Crippen molar-refractivity contribution in [2.24, 2.45) is 11.3 Å². The summed E-state index contributed by atoms with van der Waals surface area (Å²) in [5.41, 5.74) is -1.91. The van der Waals surface area contributed by atoms with Gasteiger partial charge in [-0.05, 0) is 83.8 Å². The number of nitrogens with zero attached hydrogens (tertiary/aromatic N) is 1. The van der Waals surface area contributed by atoms with Gasteiger partial charge in [-0.25, -0.2) is 0 Å². The molecule has 4 aromatic carbocycles.